The maximum atomic E-state index is 13.2. The highest BCUT2D eigenvalue weighted by Gasteiger charge is 2.27. The van der Waals surface area contributed by atoms with Crippen molar-refractivity contribution in [1.82, 2.24) is 0 Å². The van der Waals surface area contributed by atoms with Gasteiger partial charge in [-0.2, -0.15) is 0 Å². The summed E-state index contributed by atoms with van der Waals surface area (Å²) in [6.45, 7) is 1.37. The molecule has 0 fully saturated rings. The standard InChI is InChI=1S/C21H19N3O5S/c1-16-6-5-7-19(14-16)23(30(28,29)20-8-3-2-4-9-20)15-21(25)22-17-10-12-18(13-11-17)24(26)27/h2-14H,15H2,1H3,(H,22,25). The summed E-state index contributed by atoms with van der Waals surface area (Å²) in [7, 11) is -3.99. The normalized spacial score (nSPS) is 11.0. The van der Waals surface area contributed by atoms with Crippen molar-refractivity contribution >= 4 is 33.0 Å². The van der Waals surface area contributed by atoms with E-state index in [0.717, 1.165) is 9.87 Å². The molecule has 0 spiro atoms. The van der Waals surface area contributed by atoms with E-state index in [0.29, 0.717) is 11.4 Å². The van der Waals surface area contributed by atoms with Crippen molar-refractivity contribution in [2.75, 3.05) is 16.2 Å². The van der Waals surface area contributed by atoms with Crippen LogP contribution in [0.1, 0.15) is 5.56 Å². The number of non-ortho nitro benzene ring substituents is 1. The summed E-state index contributed by atoms with van der Waals surface area (Å²) >= 11 is 0. The molecule has 0 aliphatic carbocycles. The van der Waals surface area contributed by atoms with Crippen molar-refractivity contribution in [1.29, 1.82) is 0 Å². The Kier molecular flexibility index (Phi) is 6.12. The van der Waals surface area contributed by atoms with Crippen LogP contribution in [0.15, 0.2) is 83.8 Å². The van der Waals surface area contributed by atoms with E-state index in [1.54, 1.807) is 36.4 Å². The fourth-order valence-corrected chi connectivity index (χ4v) is 4.25. The summed E-state index contributed by atoms with van der Waals surface area (Å²) in [5.41, 5.74) is 1.42. The van der Waals surface area contributed by atoms with Gasteiger partial charge in [0, 0.05) is 17.8 Å². The monoisotopic (exact) mass is 425 g/mol. The highest BCUT2D eigenvalue weighted by Crippen LogP contribution is 2.24. The maximum absolute atomic E-state index is 13.2. The summed E-state index contributed by atoms with van der Waals surface area (Å²) in [5.74, 6) is -0.579. The third-order valence-corrected chi connectivity index (χ3v) is 6.06. The average molecular weight is 425 g/mol. The van der Waals surface area contributed by atoms with E-state index in [1.807, 2.05) is 13.0 Å². The minimum atomic E-state index is -3.99. The first-order valence-electron chi connectivity index (χ1n) is 8.96. The molecule has 0 aliphatic heterocycles. The number of amides is 1. The van der Waals surface area contributed by atoms with Crippen molar-refractivity contribution in [3.05, 3.63) is 94.5 Å². The number of benzene rings is 3. The Hall–Kier alpha value is -3.72. The van der Waals surface area contributed by atoms with Gasteiger partial charge in [0.05, 0.1) is 15.5 Å². The number of rotatable bonds is 7. The van der Waals surface area contributed by atoms with Crippen molar-refractivity contribution in [3.63, 3.8) is 0 Å². The molecule has 30 heavy (non-hydrogen) atoms. The molecule has 0 aliphatic rings. The van der Waals surface area contributed by atoms with Crippen LogP contribution in [0.2, 0.25) is 0 Å². The molecule has 0 heterocycles. The fourth-order valence-electron chi connectivity index (χ4n) is 2.82. The molecule has 0 atom stereocenters. The van der Waals surface area contributed by atoms with Crippen LogP contribution in [0, 0.1) is 17.0 Å². The van der Waals surface area contributed by atoms with E-state index in [9.17, 15) is 23.3 Å². The molecule has 3 rings (SSSR count). The molecule has 0 saturated carbocycles. The number of aryl methyl sites for hydroxylation is 1. The minimum Gasteiger partial charge on any atom is -0.325 e. The van der Waals surface area contributed by atoms with Crippen LogP contribution in [0.3, 0.4) is 0 Å². The number of hydrogen-bond donors (Lipinski definition) is 1. The molecule has 0 aromatic heterocycles. The lowest BCUT2D eigenvalue weighted by Gasteiger charge is -2.24. The van der Waals surface area contributed by atoms with Gasteiger partial charge < -0.3 is 5.32 Å². The number of carbonyl (C=O) groups excluding carboxylic acids is 1. The zero-order valence-corrected chi connectivity index (χ0v) is 16.9. The van der Waals surface area contributed by atoms with Gasteiger partial charge in [-0.25, -0.2) is 8.42 Å². The van der Waals surface area contributed by atoms with Gasteiger partial charge in [-0.1, -0.05) is 30.3 Å². The third kappa shape index (κ3) is 4.81. The van der Waals surface area contributed by atoms with E-state index in [1.165, 1.54) is 36.4 Å². The summed E-state index contributed by atoms with van der Waals surface area (Å²) < 4.78 is 27.5. The number of nitrogens with zero attached hydrogens (tertiary/aromatic N) is 2. The smallest absolute Gasteiger partial charge is 0.269 e. The molecule has 1 amide bonds. The summed E-state index contributed by atoms with van der Waals surface area (Å²) in [4.78, 5) is 22.9. The molecule has 0 radical (unpaired) electrons. The van der Waals surface area contributed by atoms with Crippen LogP contribution < -0.4 is 9.62 Å². The molecule has 1 N–H and O–H groups in total. The second-order valence-corrected chi connectivity index (χ2v) is 8.38. The van der Waals surface area contributed by atoms with E-state index in [2.05, 4.69) is 5.32 Å². The number of nitro groups is 1. The Bertz CT molecular complexity index is 1160. The van der Waals surface area contributed by atoms with E-state index < -0.39 is 27.4 Å². The van der Waals surface area contributed by atoms with Gasteiger partial charge in [-0.05, 0) is 48.9 Å². The zero-order valence-electron chi connectivity index (χ0n) is 16.1. The first kappa shape index (κ1) is 21.0. The van der Waals surface area contributed by atoms with Crippen molar-refractivity contribution < 1.29 is 18.1 Å². The molecular weight excluding hydrogens is 406 g/mol. The molecule has 0 saturated heterocycles. The molecule has 3 aromatic rings. The number of anilines is 2. The molecule has 0 bridgehead atoms. The highest BCUT2D eigenvalue weighted by molar-refractivity contribution is 7.92. The maximum Gasteiger partial charge on any atom is 0.269 e. The summed E-state index contributed by atoms with van der Waals surface area (Å²) in [6, 6.07) is 20.0. The molecule has 8 nitrogen and oxygen atoms in total. The molecule has 0 unspecified atom stereocenters. The summed E-state index contributed by atoms with van der Waals surface area (Å²) in [6.07, 6.45) is 0. The lowest BCUT2D eigenvalue weighted by molar-refractivity contribution is -0.384. The Morgan fingerprint density at radius 3 is 2.27 bits per heavy atom. The Morgan fingerprint density at radius 1 is 1.00 bits per heavy atom. The van der Waals surface area contributed by atoms with Crippen LogP contribution in [0.4, 0.5) is 17.1 Å². The van der Waals surface area contributed by atoms with Crippen molar-refractivity contribution in [3.8, 4) is 0 Å². The van der Waals surface area contributed by atoms with Gasteiger partial charge in [-0.3, -0.25) is 19.2 Å². The van der Waals surface area contributed by atoms with Crippen LogP contribution in [0.5, 0.6) is 0 Å². The second kappa shape index (κ2) is 8.75. The van der Waals surface area contributed by atoms with Crippen LogP contribution in [-0.4, -0.2) is 25.8 Å². The van der Waals surface area contributed by atoms with Crippen LogP contribution in [-0.2, 0) is 14.8 Å². The van der Waals surface area contributed by atoms with Crippen LogP contribution in [0.25, 0.3) is 0 Å². The topological polar surface area (TPSA) is 110 Å². The summed E-state index contributed by atoms with van der Waals surface area (Å²) in [5, 5.41) is 13.3. The lowest BCUT2D eigenvalue weighted by atomic mass is 10.2. The lowest BCUT2D eigenvalue weighted by Crippen LogP contribution is -2.38. The number of carbonyl (C=O) groups is 1. The van der Waals surface area contributed by atoms with Crippen molar-refractivity contribution in [2.45, 2.75) is 11.8 Å². The Labute approximate surface area is 174 Å². The van der Waals surface area contributed by atoms with Gasteiger partial charge in [0.25, 0.3) is 15.7 Å². The number of sulfonamides is 1. The van der Waals surface area contributed by atoms with Gasteiger partial charge in [-0.15, -0.1) is 0 Å². The van der Waals surface area contributed by atoms with Gasteiger partial charge >= 0.3 is 0 Å². The first-order valence-corrected chi connectivity index (χ1v) is 10.4. The molecule has 3 aromatic carbocycles. The number of nitrogens with one attached hydrogen (secondary N) is 1. The van der Waals surface area contributed by atoms with E-state index >= 15 is 0 Å². The molecule has 9 heteroatoms. The quantitative estimate of drug-likeness (QED) is 0.458. The minimum absolute atomic E-state index is 0.0645. The largest absolute Gasteiger partial charge is 0.325 e. The van der Waals surface area contributed by atoms with E-state index in [4.69, 9.17) is 0 Å². The van der Waals surface area contributed by atoms with Crippen molar-refractivity contribution in [2.24, 2.45) is 0 Å². The second-order valence-electron chi connectivity index (χ2n) is 6.52. The van der Waals surface area contributed by atoms with Gasteiger partial charge in [0.1, 0.15) is 6.54 Å². The molecular formula is C21H19N3O5S. The number of nitro benzene ring substituents is 1. The van der Waals surface area contributed by atoms with E-state index in [-0.39, 0.29) is 10.6 Å². The Balaban J connectivity index is 1.89. The first-order chi connectivity index (χ1) is 14.3. The third-order valence-electron chi connectivity index (χ3n) is 4.27. The highest BCUT2D eigenvalue weighted by atomic mass is 32.2. The zero-order chi connectivity index (χ0) is 21.7. The number of hydrogen-bond acceptors (Lipinski definition) is 5. The molecule has 154 valence electrons. The predicted octanol–water partition coefficient (Wildman–Crippen LogP) is 3.74. The van der Waals surface area contributed by atoms with Gasteiger partial charge in [0.15, 0.2) is 0 Å². The Morgan fingerprint density at radius 2 is 1.67 bits per heavy atom. The van der Waals surface area contributed by atoms with Gasteiger partial charge in [0.2, 0.25) is 5.91 Å². The van der Waals surface area contributed by atoms with Crippen LogP contribution >= 0.6 is 0 Å². The fraction of sp³-hybridized carbons (Fsp3) is 0.0952. The predicted molar refractivity (Wildman–Crippen MR) is 114 cm³/mol. The average Bonchev–Trinajstić information content (AvgIpc) is 2.73. The SMILES string of the molecule is Cc1cccc(N(CC(=O)Nc2ccc([N+](=O)[O-])cc2)S(=O)(=O)c2ccccc2)c1.